The number of benzene rings is 2. The van der Waals surface area contributed by atoms with Gasteiger partial charge >= 0.3 is 78.4 Å². The molecule has 6 saturated heterocycles. The number of amides is 4. The molecule has 3 radical (unpaired) electrons. The van der Waals surface area contributed by atoms with Crippen LogP contribution in [0.25, 0.3) is 0 Å². The van der Waals surface area contributed by atoms with Gasteiger partial charge in [-0.3, -0.25) is 24.1 Å². The fraction of sp³-hybridized carbons (Fsp3) is 0.643. The molecule has 21 nitrogen and oxygen atoms in total. The van der Waals surface area contributed by atoms with Crippen LogP contribution in [0, 0.1) is 10.8 Å². The third kappa shape index (κ3) is 26.1. The SMILES string of the molecule is CC(=O)N1CCC2(CC1)CCN(c1cc(Cl)ccc1C=O)C2.CC(=O)N1CCC2(CC1)CCN(c1cc(Cl)ccc1CN1CCN(C(=O)OC(C(F)(F)F)C(F)(F)F)CC1)C2.CC(=O)OOC(C)=O.O=C(OC(C(F)(F)F)C(F)(F)F)N1CCNCC1.[B-]OC(C)=O.[Na+]. The van der Waals surface area contributed by atoms with Gasteiger partial charge in [-0.15, -0.1) is 0 Å². The minimum atomic E-state index is -5.75. The summed E-state index contributed by atoms with van der Waals surface area (Å²) < 4.78 is 160. The maximum atomic E-state index is 12.8. The van der Waals surface area contributed by atoms with Crippen molar-refractivity contribution in [3.8, 4) is 0 Å². The first-order valence-electron chi connectivity index (χ1n) is 28.6. The first-order valence-corrected chi connectivity index (χ1v) is 29.4. The summed E-state index contributed by atoms with van der Waals surface area (Å²) in [6.45, 7) is 14.9. The van der Waals surface area contributed by atoms with Crippen LogP contribution in [0.3, 0.4) is 0 Å². The van der Waals surface area contributed by atoms with E-state index >= 15 is 0 Å². The summed E-state index contributed by atoms with van der Waals surface area (Å²) in [5.74, 6) is -1.49. The number of carbonyl (C=O) groups excluding carboxylic acids is 8. The number of nitrogens with zero attached hydrogens (tertiary/aromatic N) is 7. The van der Waals surface area contributed by atoms with Crippen molar-refractivity contribution in [2.75, 3.05) is 115 Å². The van der Waals surface area contributed by atoms with E-state index in [2.05, 4.69) is 47.1 Å². The Morgan fingerprint density at radius 2 is 0.882 bits per heavy atom. The Labute approximate surface area is 561 Å². The molecule has 0 aromatic heterocycles. The number of rotatable bonds is 7. The van der Waals surface area contributed by atoms with E-state index in [-0.39, 0.29) is 105 Å². The van der Waals surface area contributed by atoms with Gasteiger partial charge in [-0.25, -0.2) is 29.0 Å². The monoisotopic (exact) mass is 1400 g/mol. The molecule has 515 valence electrons. The second kappa shape index (κ2) is 35.9. The van der Waals surface area contributed by atoms with Crippen LogP contribution in [-0.4, -0.2) is 222 Å². The quantitative estimate of drug-likeness (QED) is 0.109. The fourth-order valence-electron chi connectivity index (χ4n) is 10.8. The van der Waals surface area contributed by atoms with E-state index in [9.17, 15) is 91.0 Å². The third-order valence-corrected chi connectivity index (χ3v) is 16.2. The van der Waals surface area contributed by atoms with Crippen molar-refractivity contribution in [3.63, 3.8) is 0 Å². The Hall–Kier alpha value is -5.68. The summed E-state index contributed by atoms with van der Waals surface area (Å²) in [5.41, 5.74) is 4.00. The standard InChI is InChI=1S/C25H31ClF6N4O3.C17H21ClN2O2.C8H10F6N2O2.C4H6O4.C2H3BO2.Na/c1-17(37)34-7-4-23(5-8-34)6-9-36(16-23)20-14-19(26)3-2-18(20)15-33-10-12-35(13-11-33)22(38)39-21(24(27,28)29)25(30,31)32;1-13(22)19-7-4-17(5-8-19)6-9-20(12-17)16-10-15(18)3-2-14(16)11-21;9-7(10,11)5(8(12,13)14)18-6(17)16-3-1-15-2-4-16;1-3(5)7-8-4(2)6;1-2(4)5-3;/h2-3,14,21H,4-13,15-16H2,1H3;2-3,10-11H,4-9,12H2,1H3;5,15H,1-4H2;1-2H3;1H3;/q;;;;-1;+1. The first kappa shape index (κ1) is 81.6. The largest absolute Gasteiger partial charge is 1.00 e. The molecule has 0 saturated carbocycles. The van der Waals surface area contributed by atoms with Gasteiger partial charge in [0.15, 0.2) is 6.29 Å². The molecule has 4 amide bonds. The number of nitrogens with one attached hydrogen (secondary N) is 1. The molecule has 0 aliphatic carbocycles. The second-order valence-corrected chi connectivity index (χ2v) is 23.3. The van der Waals surface area contributed by atoms with Gasteiger partial charge in [0.1, 0.15) is 0 Å². The summed E-state index contributed by atoms with van der Waals surface area (Å²) in [5, 5.41) is 4.03. The predicted molar refractivity (Wildman–Crippen MR) is 307 cm³/mol. The molecule has 37 heteroatoms. The Morgan fingerprint density at radius 3 is 1.24 bits per heavy atom. The molecule has 2 aromatic carbocycles. The molecule has 1 N–H and O–H groups in total. The molecule has 93 heavy (non-hydrogen) atoms. The summed E-state index contributed by atoms with van der Waals surface area (Å²) >= 11 is 12.4. The topological polar surface area (TPSA) is 217 Å². The Kier molecular flexibility index (Phi) is 31.5. The van der Waals surface area contributed by atoms with Crippen LogP contribution in [-0.2, 0) is 54.4 Å². The number of carbonyl (C=O) groups is 8. The van der Waals surface area contributed by atoms with Crippen molar-refractivity contribution < 1.29 is 145 Å². The minimum absolute atomic E-state index is 0. The average Bonchev–Trinajstić information content (AvgIpc) is 1.70. The molecule has 8 rings (SSSR count). The summed E-state index contributed by atoms with van der Waals surface area (Å²) in [6.07, 6.45) is -27.4. The van der Waals surface area contributed by atoms with E-state index in [1.54, 1.807) is 32.0 Å². The molecule has 0 bridgehead atoms. The molecule has 2 spiro atoms. The molecular formula is C56H71BCl2F12N8NaO13. The third-order valence-electron chi connectivity index (χ3n) is 15.7. The number of piperazine rings is 2. The van der Waals surface area contributed by atoms with E-state index in [1.165, 1.54) is 6.92 Å². The summed E-state index contributed by atoms with van der Waals surface area (Å²) in [4.78, 5) is 107. The first-order chi connectivity index (χ1) is 42.7. The zero-order valence-electron chi connectivity index (χ0n) is 51.8. The van der Waals surface area contributed by atoms with Crippen LogP contribution in [0.1, 0.15) is 89.1 Å². The van der Waals surface area contributed by atoms with Crippen molar-refractivity contribution in [1.29, 1.82) is 0 Å². The van der Waals surface area contributed by atoms with Crippen molar-refractivity contribution >= 4 is 90.8 Å². The zero-order chi connectivity index (χ0) is 69.2. The van der Waals surface area contributed by atoms with E-state index < -0.39 is 67.0 Å². The van der Waals surface area contributed by atoms with Gasteiger partial charge < -0.3 is 56.9 Å². The molecular weight excluding hydrogens is 1330 g/mol. The van der Waals surface area contributed by atoms with Crippen LogP contribution in [0.5, 0.6) is 0 Å². The van der Waals surface area contributed by atoms with Gasteiger partial charge in [-0.05, 0) is 85.3 Å². The number of likely N-dealkylation sites (tertiary alicyclic amines) is 2. The summed E-state index contributed by atoms with van der Waals surface area (Å²) in [7, 11) is 4.32. The van der Waals surface area contributed by atoms with E-state index in [4.69, 9.17) is 23.2 Å². The molecule has 0 unspecified atom stereocenters. The Morgan fingerprint density at radius 1 is 0.527 bits per heavy atom. The number of halogens is 14. The smallest absolute Gasteiger partial charge is 0.793 e. The fourth-order valence-corrected chi connectivity index (χ4v) is 11.2. The normalized spacial score (nSPS) is 18.0. The predicted octanol–water partition coefficient (Wildman–Crippen LogP) is 6.10. The van der Waals surface area contributed by atoms with Crippen LogP contribution < -0.4 is 44.7 Å². The van der Waals surface area contributed by atoms with Gasteiger partial charge in [0, 0.05) is 173 Å². The van der Waals surface area contributed by atoms with E-state index in [0.29, 0.717) is 22.2 Å². The number of ether oxygens (including phenoxy) is 2. The minimum Gasteiger partial charge on any atom is -0.793 e. The number of piperidine rings is 2. The van der Waals surface area contributed by atoms with E-state index in [0.717, 1.165) is 138 Å². The van der Waals surface area contributed by atoms with Gasteiger partial charge in [0.05, 0.1) is 0 Å². The number of hydrogen-bond acceptors (Lipinski definition) is 17. The van der Waals surface area contributed by atoms with E-state index in [1.807, 2.05) is 32.9 Å². The number of alkyl halides is 12. The Bertz CT molecular complexity index is 2800. The van der Waals surface area contributed by atoms with Gasteiger partial charge in [-0.1, -0.05) is 29.3 Å². The molecule has 6 aliphatic heterocycles. The number of hydrogen-bond donors (Lipinski definition) is 1. The van der Waals surface area contributed by atoms with Gasteiger partial charge in [0.25, 0.3) is 12.2 Å². The van der Waals surface area contributed by atoms with Gasteiger partial charge in [0.2, 0.25) is 17.8 Å². The van der Waals surface area contributed by atoms with Crippen molar-refractivity contribution in [1.82, 2.24) is 29.8 Å². The molecule has 6 heterocycles. The Balaban J connectivity index is 0.000000352. The number of aldehydes is 1. The van der Waals surface area contributed by atoms with Crippen LogP contribution in [0.15, 0.2) is 36.4 Å². The van der Waals surface area contributed by atoms with Crippen molar-refractivity contribution in [3.05, 3.63) is 57.6 Å². The maximum Gasteiger partial charge on any atom is 1.00 e. The zero-order valence-corrected chi connectivity index (χ0v) is 55.3. The number of anilines is 2. The van der Waals surface area contributed by atoms with Gasteiger partial charge in [-0.2, -0.15) is 52.7 Å². The van der Waals surface area contributed by atoms with Crippen molar-refractivity contribution in [2.24, 2.45) is 10.8 Å². The average molecular weight is 1400 g/mol. The maximum absolute atomic E-state index is 12.8. The van der Waals surface area contributed by atoms with Crippen molar-refractivity contribution in [2.45, 2.75) is 117 Å². The molecule has 6 aliphatic rings. The second-order valence-electron chi connectivity index (χ2n) is 22.4. The van der Waals surface area contributed by atoms with Crippen LogP contribution in [0.2, 0.25) is 10.0 Å². The molecule has 6 fully saturated rings. The van der Waals surface area contributed by atoms with Crippen LogP contribution in [0.4, 0.5) is 73.6 Å². The summed E-state index contributed by atoms with van der Waals surface area (Å²) in [6, 6.07) is 11.0. The molecule has 0 atom stereocenters. The molecule has 2 aromatic rings. The van der Waals surface area contributed by atoms with Crippen LogP contribution >= 0.6 is 23.2 Å².